The molecule has 0 saturated carbocycles. The van der Waals surface area contributed by atoms with E-state index in [1.165, 1.54) is 6.42 Å². The highest BCUT2D eigenvalue weighted by molar-refractivity contribution is 5.93. The predicted octanol–water partition coefficient (Wildman–Crippen LogP) is 3.64. The smallest absolute Gasteiger partial charge is 0.276 e. The zero-order chi connectivity index (χ0) is 18.9. The predicted molar refractivity (Wildman–Crippen MR) is 103 cm³/mol. The van der Waals surface area contributed by atoms with Crippen molar-refractivity contribution < 1.29 is 9.32 Å². The molecule has 0 spiro atoms. The second-order valence-corrected chi connectivity index (χ2v) is 7.54. The van der Waals surface area contributed by atoms with E-state index >= 15 is 0 Å². The van der Waals surface area contributed by atoms with Crippen molar-refractivity contribution in [2.75, 3.05) is 6.54 Å². The quantitative estimate of drug-likeness (QED) is 0.696. The van der Waals surface area contributed by atoms with Gasteiger partial charge in [0, 0.05) is 31.1 Å². The van der Waals surface area contributed by atoms with Crippen LogP contribution in [0.2, 0.25) is 0 Å². The topological polar surface area (TPSA) is 77.1 Å². The van der Waals surface area contributed by atoms with E-state index in [0.717, 1.165) is 55.9 Å². The maximum Gasteiger partial charge on any atom is 0.276 e. The number of carbonyl (C=O) groups is 1. The van der Waals surface area contributed by atoms with Crippen LogP contribution >= 0.6 is 0 Å². The Morgan fingerprint density at radius 1 is 1.04 bits per heavy atom. The summed E-state index contributed by atoms with van der Waals surface area (Å²) in [6.07, 6.45) is 6.36. The van der Waals surface area contributed by atoms with Crippen molar-refractivity contribution >= 4 is 5.91 Å². The van der Waals surface area contributed by atoms with Crippen LogP contribution in [0.3, 0.4) is 0 Å². The van der Waals surface area contributed by atoms with Gasteiger partial charge in [0.05, 0.1) is 6.04 Å². The molecule has 1 aromatic carbocycles. The van der Waals surface area contributed by atoms with Gasteiger partial charge in [-0.3, -0.25) is 4.79 Å². The molecule has 3 aromatic rings. The number of amides is 1. The lowest BCUT2D eigenvalue weighted by atomic mass is 10.1. The van der Waals surface area contributed by atoms with Crippen LogP contribution in [0.4, 0.5) is 0 Å². The molecule has 7 nitrogen and oxygen atoms in total. The molecule has 5 rings (SSSR count). The van der Waals surface area contributed by atoms with Gasteiger partial charge in [-0.1, -0.05) is 41.9 Å². The van der Waals surface area contributed by atoms with E-state index < -0.39 is 0 Å². The monoisotopic (exact) mass is 377 g/mol. The number of rotatable bonds is 3. The highest BCUT2D eigenvalue weighted by Gasteiger charge is 2.36. The van der Waals surface area contributed by atoms with Gasteiger partial charge in [-0.25, -0.2) is 0 Å². The molecular weight excluding hydrogens is 354 g/mol. The van der Waals surface area contributed by atoms with Crippen molar-refractivity contribution in [3.8, 4) is 11.3 Å². The van der Waals surface area contributed by atoms with Crippen molar-refractivity contribution in [2.24, 2.45) is 0 Å². The largest absolute Gasteiger partial charge is 0.355 e. The fraction of sp³-hybridized carbons (Fsp3) is 0.429. The van der Waals surface area contributed by atoms with Crippen LogP contribution in [0.15, 0.2) is 40.9 Å². The Hall–Kier alpha value is -2.96. The Labute approximate surface area is 163 Å². The first-order chi connectivity index (χ1) is 13.8. The number of likely N-dealkylation sites (tertiary alicyclic amines) is 1. The molecule has 144 valence electrons. The Morgan fingerprint density at radius 2 is 1.93 bits per heavy atom. The van der Waals surface area contributed by atoms with Crippen LogP contribution in [0.5, 0.6) is 0 Å². The third-order valence-electron chi connectivity index (χ3n) is 5.74. The summed E-state index contributed by atoms with van der Waals surface area (Å²) < 4.78 is 7.67. The number of fused-ring (bicyclic) bond motifs is 1. The minimum Gasteiger partial charge on any atom is -0.355 e. The summed E-state index contributed by atoms with van der Waals surface area (Å²) in [6.45, 7) is 1.65. The second kappa shape index (κ2) is 7.22. The van der Waals surface area contributed by atoms with Crippen molar-refractivity contribution in [1.29, 1.82) is 0 Å². The summed E-state index contributed by atoms with van der Waals surface area (Å²) in [4.78, 5) is 15.1. The summed E-state index contributed by atoms with van der Waals surface area (Å²) in [5, 5.41) is 12.9. The first-order valence-electron chi connectivity index (χ1n) is 10.1. The summed E-state index contributed by atoms with van der Waals surface area (Å²) in [7, 11) is 0. The van der Waals surface area contributed by atoms with E-state index in [-0.39, 0.29) is 11.9 Å². The molecule has 1 amide bonds. The van der Waals surface area contributed by atoms with Gasteiger partial charge in [0.2, 0.25) is 0 Å². The van der Waals surface area contributed by atoms with Crippen molar-refractivity contribution in [2.45, 2.75) is 51.1 Å². The van der Waals surface area contributed by atoms with Crippen LogP contribution in [-0.4, -0.2) is 37.3 Å². The molecule has 0 bridgehead atoms. The summed E-state index contributed by atoms with van der Waals surface area (Å²) in [6, 6.07) is 11.4. The van der Waals surface area contributed by atoms with Crippen LogP contribution in [-0.2, 0) is 13.0 Å². The lowest BCUT2D eigenvalue weighted by Crippen LogP contribution is -2.32. The zero-order valence-electron chi connectivity index (χ0n) is 15.8. The second-order valence-electron chi connectivity index (χ2n) is 7.54. The Balaban J connectivity index is 1.41. The molecule has 4 heterocycles. The zero-order valence-corrected chi connectivity index (χ0v) is 15.8. The van der Waals surface area contributed by atoms with Crippen molar-refractivity contribution in [1.82, 2.24) is 24.8 Å². The molecule has 1 atom stereocenters. The normalized spacial score (nSPS) is 19.4. The van der Waals surface area contributed by atoms with E-state index in [1.807, 2.05) is 35.2 Å². The third-order valence-corrected chi connectivity index (χ3v) is 5.74. The Kier molecular flexibility index (Phi) is 4.43. The van der Waals surface area contributed by atoms with Crippen molar-refractivity contribution in [3.63, 3.8) is 0 Å². The van der Waals surface area contributed by atoms with Crippen molar-refractivity contribution in [3.05, 3.63) is 53.7 Å². The van der Waals surface area contributed by atoms with Gasteiger partial charge < -0.3 is 14.0 Å². The van der Waals surface area contributed by atoms with Gasteiger partial charge in [-0.15, -0.1) is 10.2 Å². The number of nitrogens with zero attached hydrogens (tertiary/aromatic N) is 5. The van der Waals surface area contributed by atoms with E-state index in [9.17, 15) is 4.79 Å². The fourth-order valence-corrected chi connectivity index (χ4v) is 4.29. The molecule has 2 aromatic heterocycles. The SMILES string of the molecule is O=C(c1cc(-c2ccccc2)on1)N1CCCC1c1nnc2n1CCCCC2. The van der Waals surface area contributed by atoms with Crippen LogP contribution in [0, 0.1) is 0 Å². The van der Waals surface area contributed by atoms with E-state index in [2.05, 4.69) is 19.9 Å². The number of aryl methyl sites for hydroxylation is 1. The van der Waals surface area contributed by atoms with Gasteiger partial charge in [0.25, 0.3) is 5.91 Å². The first-order valence-corrected chi connectivity index (χ1v) is 10.1. The number of hydrogen-bond donors (Lipinski definition) is 0. The van der Waals surface area contributed by atoms with Gasteiger partial charge in [-0.2, -0.15) is 0 Å². The summed E-state index contributed by atoms with van der Waals surface area (Å²) >= 11 is 0. The molecular formula is C21H23N5O2. The molecule has 2 aliphatic rings. The first kappa shape index (κ1) is 17.2. The average molecular weight is 377 g/mol. The molecule has 7 heteroatoms. The fourth-order valence-electron chi connectivity index (χ4n) is 4.29. The Bertz CT molecular complexity index is 978. The Morgan fingerprint density at radius 3 is 2.82 bits per heavy atom. The standard InChI is InChI=1S/C21H23N5O2/c27-21(16-14-18(28-24-16)15-8-3-1-4-9-15)25-13-7-10-17(25)20-23-22-19-11-5-2-6-12-26(19)20/h1,3-4,8-9,14,17H,2,5-7,10-13H2. The van der Waals surface area contributed by atoms with Gasteiger partial charge in [-0.05, 0) is 25.7 Å². The average Bonchev–Trinajstić information content (AvgIpc) is 3.45. The lowest BCUT2D eigenvalue weighted by molar-refractivity contribution is 0.0716. The molecule has 1 fully saturated rings. The highest BCUT2D eigenvalue weighted by atomic mass is 16.5. The highest BCUT2D eigenvalue weighted by Crippen LogP contribution is 2.34. The minimum atomic E-state index is -0.0978. The van der Waals surface area contributed by atoms with E-state index in [0.29, 0.717) is 18.0 Å². The number of carbonyl (C=O) groups excluding carboxylic acids is 1. The molecule has 28 heavy (non-hydrogen) atoms. The number of benzene rings is 1. The molecule has 1 saturated heterocycles. The van der Waals surface area contributed by atoms with Crippen LogP contribution in [0.1, 0.15) is 60.3 Å². The van der Waals surface area contributed by atoms with Gasteiger partial charge >= 0.3 is 0 Å². The molecule has 2 aliphatic heterocycles. The third kappa shape index (κ3) is 3.00. The number of aromatic nitrogens is 4. The molecule has 1 unspecified atom stereocenters. The molecule has 0 radical (unpaired) electrons. The maximum absolute atomic E-state index is 13.2. The molecule has 0 aliphatic carbocycles. The van der Waals surface area contributed by atoms with Gasteiger partial charge in [0.15, 0.2) is 17.3 Å². The maximum atomic E-state index is 13.2. The van der Waals surface area contributed by atoms with E-state index in [1.54, 1.807) is 6.07 Å². The summed E-state index contributed by atoms with van der Waals surface area (Å²) in [5.74, 6) is 2.49. The molecule has 0 N–H and O–H groups in total. The number of hydrogen-bond acceptors (Lipinski definition) is 5. The van der Waals surface area contributed by atoms with Crippen LogP contribution < -0.4 is 0 Å². The van der Waals surface area contributed by atoms with Crippen LogP contribution in [0.25, 0.3) is 11.3 Å². The summed E-state index contributed by atoms with van der Waals surface area (Å²) in [5.41, 5.74) is 1.26. The van der Waals surface area contributed by atoms with Gasteiger partial charge in [0.1, 0.15) is 5.82 Å². The lowest BCUT2D eigenvalue weighted by Gasteiger charge is -2.23. The minimum absolute atomic E-state index is 0.0382. The van der Waals surface area contributed by atoms with E-state index in [4.69, 9.17) is 4.52 Å².